The fourth-order valence-electron chi connectivity index (χ4n) is 1.91. The molecule has 0 radical (unpaired) electrons. The van der Waals surface area contributed by atoms with Gasteiger partial charge in [0.1, 0.15) is 5.00 Å². The average molecular weight is 349 g/mol. The highest BCUT2D eigenvalue weighted by Crippen LogP contribution is 2.35. The van der Waals surface area contributed by atoms with Crippen molar-refractivity contribution in [3.05, 3.63) is 46.8 Å². The third-order valence-electron chi connectivity index (χ3n) is 3.12. The second kappa shape index (κ2) is 8.03. The fraction of sp³-hybridized carbons (Fsp3) is 0.250. The van der Waals surface area contributed by atoms with Crippen molar-refractivity contribution in [2.45, 2.75) is 11.3 Å². The quantitative estimate of drug-likeness (QED) is 0.786. The molecule has 122 valence electrons. The fourth-order valence-corrected chi connectivity index (χ4v) is 4.11. The average Bonchev–Trinajstić information content (AvgIpc) is 2.91. The van der Waals surface area contributed by atoms with E-state index in [9.17, 15) is 9.59 Å². The van der Waals surface area contributed by atoms with Crippen LogP contribution in [0.15, 0.2) is 40.6 Å². The number of carbonyl (C=O) groups excluding carboxylic acids is 2. The Morgan fingerprint density at radius 3 is 2.57 bits per heavy atom. The summed E-state index contributed by atoms with van der Waals surface area (Å²) in [6.45, 7) is 0. The van der Waals surface area contributed by atoms with Crippen molar-refractivity contribution in [3.63, 3.8) is 0 Å². The number of nitrogens with two attached hydrogens (primary N) is 1. The predicted octanol–water partition coefficient (Wildman–Crippen LogP) is 3.28. The zero-order chi connectivity index (χ0) is 16.8. The first kappa shape index (κ1) is 17.4. The second-order valence-electron chi connectivity index (χ2n) is 5.08. The molecule has 0 bridgehead atoms. The molecular weight excluding hydrogens is 330 g/mol. The molecule has 23 heavy (non-hydrogen) atoms. The molecule has 1 aromatic heterocycles. The summed E-state index contributed by atoms with van der Waals surface area (Å²) < 4.78 is 0. The Labute approximate surface area is 143 Å². The molecule has 3 amide bonds. The van der Waals surface area contributed by atoms with Gasteiger partial charge in [-0.25, -0.2) is 4.79 Å². The SMILES string of the molecule is CN(C)C(=O)Nc1scc(SCCc2ccccc2)c1C(N)=O. The molecule has 0 spiro atoms. The molecule has 0 aliphatic heterocycles. The summed E-state index contributed by atoms with van der Waals surface area (Å²) >= 11 is 2.89. The van der Waals surface area contributed by atoms with Crippen molar-refractivity contribution in [1.82, 2.24) is 4.90 Å². The highest BCUT2D eigenvalue weighted by Gasteiger charge is 2.19. The lowest BCUT2D eigenvalue weighted by molar-refractivity contribution is 0.0999. The molecular formula is C16H19N3O2S2. The van der Waals surface area contributed by atoms with Crippen LogP contribution in [0.1, 0.15) is 15.9 Å². The number of amides is 3. The van der Waals surface area contributed by atoms with Gasteiger partial charge in [-0.2, -0.15) is 0 Å². The number of aryl methyl sites for hydroxylation is 1. The van der Waals surface area contributed by atoms with Gasteiger partial charge in [-0.15, -0.1) is 23.1 Å². The molecule has 1 aromatic carbocycles. The molecule has 7 heteroatoms. The molecule has 2 rings (SSSR count). The zero-order valence-corrected chi connectivity index (χ0v) is 14.7. The van der Waals surface area contributed by atoms with Gasteiger partial charge in [-0.3, -0.25) is 10.1 Å². The molecule has 0 aliphatic carbocycles. The summed E-state index contributed by atoms with van der Waals surface area (Å²) in [7, 11) is 3.28. The Hall–Kier alpha value is -1.99. The lowest BCUT2D eigenvalue weighted by Crippen LogP contribution is -2.28. The monoisotopic (exact) mass is 349 g/mol. The van der Waals surface area contributed by atoms with Crippen LogP contribution in [0.25, 0.3) is 0 Å². The van der Waals surface area contributed by atoms with E-state index in [1.54, 1.807) is 25.9 Å². The predicted molar refractivity (Wildman–Crippen MR) is 96.4 cm³/mol. The number of anilines is 1. The van der Waals surface area contributed by atoms with Gasteiger partial charge in [0.15, 0.2) is 0 Å². The number of thiophene rings is 1. The van der Waals surface area contributed by atoms with Crippen molar-refractivity contribution in [2.75, 3.05) is 25.2 Å². The van der Waals surface area contributed by atoms with E-state index in [4.69, 9.17) is 5.73 Å². The zero-order valence-electron chi connectivity index (χ0n) is 13.0. The van der Waals surface area contributed by atoms with E-state index in [2.05, 4.69) is 17.4 Å². The number of nitrogens with one attached hydrogen (secondary N) is 1. The number of hydrogen-bond donors (Lipinski definition) is 2. The largest absolute Gasteiger partial charge is 0.365 e. The Kier molecular flexibility index (Phi) is 6.06. The number of benzene rings is 1. The minimum absolute atomic E-state index is 0.282. The molecule has 0 aliphatic rings. The van der Waals surface area contributed by atoms with Crippen molar-refractivity contribution in [3.8, 4) is 0 Å². The molecule has 5 nitrogen and oxygen atoms in total. The van der Waals surface area contributed by atoms with E-state index >= 15 is 0 Å². The van der Waals surface area contributed by atoms with Crippen LogP contribution < -0.4 is 11.1 Å². The van der Waals surface area contributed by atoms with Crippen molar-refractivity contribution in [2.24, 2.45) is 5.73 Å². The van der Waals surface area contributed by atoms with Gasteiger partial charge < -0.3 is 10.6 Å². The third-order valence-corrected chi connectivity index (χ3v) is 5.21. The number of primary amides is 1. The van der Waals surface area contributed by atoms with E-state index in [0.717, 1.165) is 17.1 Å². The second-order valence-corrected chi connectivity index (χ2v) is 7.09. The molecule has 2 aromatic rings. The Bertz CT molecular complexity index is 684. The molecule has 0 fully saturated rings. The normalized spacial score (nSPS) is 10.3. The number of carbonyl (C=O) groups is 2. The Balaban J connectivity index is 2.05. The molecule has 3 N–H and O–H groups in total. The Morgan fingerprint density at radius 2 is 1.96 bits per heavy atom. The maximum atomic E-state index is 11.8. The third kappa shape index (κ3) is 4.74. The van der Waals surface area contributed by atoms with Gasteiger partial charge in [-0.05, 0) is 12.0 Å². The van der Waals surface area contributed by atoms with Gasteiger partial charge >= 0.3 is 6.03 Å². The maximum absolute atomic E-state index is 11.8. The van der Waals surface area contributed by atoms with Crippen LogP contribution in [-0.2, 0) is 6.42 Å². The van der Waals surface area contributed by atoms with Crippen molar-refractivity contribution < 1.29 is 9.59 Å². The van der Waals surface area contributed by atoms with E-state index in [1.165, 1.54) is 21.8 Å². The van der Waals surface area contributed by atoms with Crippen LogP contribution in [0.3, 0.4) is 0 Å². The van der Waals surface area contributed by atoms with E-state index in [0.29, 0.717) is 10.6 Å². The Morgan fingerprint density at radius 1 is 1.26 bits per heavy atom. The van der Waals surface area contributed by atoms with Gasteiger partial charge in [0.2, 0.25) is 0 Å². The van der Waals surface area contributed by atoms with Gasteiger partial charge in [0.05, 0.1) is 5.56 Å². The van der Waals surface area contributed by atoms with Crippen molar-refractivity contribution >= 4 is 40.0 Å². The topological polar surface area (TPSA) is 75.4 Å². The summed E-state index contributed by atoms with van der Waals surface area (Å²) in [5, 5.41) is 5.07. The molecule has 0 saturated carbocycles. The van der Waals surface area contributed by atoms with Crippen LogP contribution in [0.2, 0.25) is 0 Å². The van der Waals surface area contributed by atoms with Crippen LogP contribution >= 0.6 is 23.1 Å². The van der Waals surface area contributed by atoms with Crippen LogP contribution in [0.5, 0.6) is 0 Å². The van der Waals surface area contributed by atoms with Crippen molar-refractivity contribution in [1.29, 1.82) is 0 Å². The van der Waals surface area contributed by atoms with E-state index < -0.39 is 5.91 Å². The molecule has 0 unspecified atom stereocenters. The highest BCUT2D eigenvalue weighted by molar-refractivity contribution is 7.99. The number of urea groups is 1. The molecule has 0 saturated heterocycles. The van der Waals surface area contributed by atoms with E-state index in [1.807, 2.05) is 23.6 Å². The van der Waals surface area contributed by atoms with E-state index in [-0.39, 0.29) is 6.03 Å². The standard InChI is InChI=1S/C16H19N3O2S2/c1-19(2)16(21)18-15-13(14(17)20)12(10-23-15)22-9-8-11-6-4-3-5-7-11/h3-7,10H,8-9H2,1-2H3,(H2,17,20)(H,18,21). The minimum atomic E-state index is -0.525. The number of nitrogens with zero attached hydrogens (tertiary/aromatic N) is 1. The molecule has 0 atom stereocenters. The first-order chi connectivity index (χ1) is 11.0. The number of hydrogen-bond acceptors (Lipinski definition) is 4. The summed E-state index contributed by atoms with van der Waals surface area (Å²) in [6, 6.07) is 9.87. The lowest BCUT2D eigenvalue weighted by Gasteiger charge is -2.11. The summed E-state index contributed by atoms with van der Waals surface area (Å²) in [5.41, 5.74) is 7.12. The highest BCUT2D eigenvalue weighted by atomic mass is 32.2. The van der Waals surface area contributed by atoms with Gasteiger partial charge in [-0.1, -0.05) is 30.3 Å². The van der Waals surface area contributed by atoms with Gasteiger partial charge in [0, 0.05) is 30.1 Å². The van der Waals surface area contributed by atoms with Crippen LogP contribution in [0.4, 0.5) is 9.80 Å². The van der Waals surface area contributed by atoms with Crippen LogP contribution in [-0.4, -0.2) is 36.7 Å². The number of thioether (sulfide) groups is 1. The minimum Gasteiger partial charge on any atom is -0.365 e. The summed E-state index contributed by atoms with van der Waals surface area (Å²) in [4.78, 5) is 25.7. The summed E-state index contributed by atoms with van der Waals surface area (Å²) in [6.07, 6.45) is 0.902. The summed E-state index contributed by atoms with van der Waals surface area (Å²) in [5.74, 6) is 0.310. The smallest absolute Gasteiger partial charge is 0.321 e. The number of rotatable bonds is 6. The lowest BCUT2D eigenvalue weighted by atomic mass is 10.2. The maximum Gasteiger partial charge on any atom is 0.321 e. The first-order valence-electron chi connectivity index (χ1n) is 7.05. The molecule has 1 heterocycles. The van der Waals surface area contributed by atoms with Gasteiger partial charge in [0.25, 0.3) is 5.91 Å². The van der Waals surface area contributed by atoms with Crippen LogP contribution in [0, 0.1) is 0 Å². The first-order valence-corrected chi connectivity index (χ1v) is 8.92.